The molecule has 0 unspecified atom stereocenters. The normalized spacial score (nSPS) is 10.5. The molecule has 2 rings (SSSR count). The van der Waals surface area contributed by atoms with E-state index in [0.29, 0.717) is 0 Å². The van der Waals surface area contributed by atoms with Crippen molar-refractivity contribution in [3.05, 3.63) is 47.3 Å². The van der Waals surface area contributed by atoms with Crippen LogP contribution in [0.15, 0.2) is 35.6 Å². The first-order chi connectivity index (χ1) is 8.16. The second kappa shape index (κ2) is 5.19. The van der Waals surface area contributed by atoms with Gasteiger partial charge in [-0.2, -0.15) is 0 Å². The van der Waals surface area contributed by atoms with Crippen molar-refractivity contribution in [2.24, 2.45) is 0 Å². The van der Waals surface area contributed by atoms with Crippen LogP contribution in [0.2, 0.25) is 0 Å². The van der Waals surface area contributed by atoms with Crippen LogP contribution in [0.1, 0.15) is 16.8 Å². The molecule has 3 nitrogen and oxygen atoms in total. The number of anilines is 1. The molecule has 0 amide bonds. The minimum absolute atomic E-state index is 0.812. The molecule has 0 saturated heterocycles. The molecule has 2 N–H and O–H groups in total. The molecule has 0 fully saturated rings. The molecule has 88 valence electrons. The predicted octanol–water partition coefficient (Wildman–Crippen LogP) is 2.97. The van der Waals surface area contributed by atoms with Crippen molar-refractivity contribution in [3.63, 3.8) is 0 Å². The summed E-state index contributed by atoms with van der Waals surface area (Å²) in [7, 11) is 0. The quantitative estimate of drug-likeness (QED) is 0.513. The summed E-state index contributed by atoms with van der Waals surface area (Å²) >= 11 is 1.63. The van der Waals surface area contributed by atoms with Crippen molar-refractivity contribution in [1.82, 2.24) is 9.97 Å². The molecular formula is C13H15N3S. The third-order valence-corrected chi connectivity index (χ3v) is 3.53. The topological polar surface area (TPSA) is 51.8 Å². The summed E-state index contributed by atoms with van der Waals surface area (Å²) < 4.78 is 0. The van der Waals surface area contributed by atoms with Gasteiger partial charge in [-0.15, -0.1) is 0 Å². The lowest BCUT2D eigenvalue weighted by atomic mass is 10.1. The number of nitrogen functional groups attached to an aromatic ring is 1. The molecule has 4 heteroatoms. The van der Waals surface area contributed by atoms with Crippen LogP contribution in [-0.2, 0) is 5.75 Å². The van der Waals surface area contributed by atoms with Gasteiger partial charge in [0.05, 0.1) is 0 Å². The number of hydrogen-bond acceptors (Lipinski definition) is 4. The predicted molar refractivity (Wildman–Crippen MR) is 71.9 cm³/mol. The minimum atomic E-state index is 0.812. The molecule has 0 aliphatic carbocycles. The molecule has 1 aromatic heterocycles. The highest BCUT2D eigenvalue weighted by Gasteiger charge is 2.03. The second-order valence-electron chi connectivity index (χ2n) is 3.90. The molecule has 0 bridgehead atoms. The zero-order valence-electron chi connectivity index (χ0n) is 9.97. The van der Waals surface area contributed by atoms with E-state index >= 15 is 0 Å². The van der Waals surface area contributed by atoms with Gasteiger partial charge in [-0.05, 0) is 37.1 Å². The Morgan fingerprint density at radius 2 is 2.06 bits per heavy atom. The molecule has 0 aliphatic heterocycles. The summed E-state index contributed by atoms with van der Waals surface area (Å²) in [5.74, 6) is 0.848. The van der Waals surface area contributed by atoms with E-state index in [1.54, 1.807) is 18.0 Å². The molecule has 1 heterocycles. The maximum Gasteiger partial charge on any atom is 0.188 e. The average molecular weight is 245 g/mol. The summed E-state index contributed by atoms with van der Waals surface area (Å²) in [5, 5.41) is 0.812. The molecule has 1 aromatic carbocycles. The van der Waals surface area contributed by atoms with E-state index in [0.717, 1.165) is 27.9 Å². The van der Waals surface area contributed by atoms with Crippen molar-refractivity contribution < 1.29 is 0 Å². The van der Waals surface area contributed by atoms with Crippen LogP contribution in [0, 0.1) is 13.8 Å². The van der Waals surface area contributed by atoms with Crippen LogP contribution in [-0.4, -0.2) is 9.97 Å². The van der Waals surface area contributed by atoms with E-state index in [9.17, 15) is 0 Å². The van der Waals surface area contributed by atoms with Crippen molar-refractivity contribution in [3.8, 4) is 0 Å². The first-order valence-corrected chi connectivity index (χ1v) is 6.42. The number of thioether (sulfide) groups is 1. The first kappa shape index (κ1) is 11.9. The molecule has 0 spiro atoms. The van der Waals surface area contributed by atoms with Crippen molar-refractivity contribution in [1.29, 1.82) is 0 Å². The number of hydrogen-bond donors (Lipinski definition) is 1. The van der Waals surface area contributed by atoms with Crippen LogP contribution >= 0.6 is 11.8 Å². The molecular weight excluding hydrogens is 230 g/mol. The SMILES string of the molecule is Cc1ccnc(SCc2cccc(N)c2C)n1. The van der Waals surface area contributed by atoms with Gasteiger partial charge in [-0.3, -0.25) is 0 Å². The zero-order valence-corrected chi connectivity index (χ0v) is 10.8. The van der Waals surface area contributed by atoms with Gasteiger partial charge in [0.15, 0.2) is 5.16 Å². The van der Waals surface area contributed by atoms with Gasteiger partial charge < -0.3 is 5.73 Å². The average Bonchev–Trinajstić information content (AvgIpc) is 2.31. The Balaban J connectivity index is 2.10. The Bertz CT molecular complexity index is 526. The van der Waals surface area contributed by atoms with Crippen LogP contribution < -0.4 is 5.73 Å². The molecule has 0 saturated carbocycles. The fourth-order valence-electron chi connectivity index (χ4n) is 1.50. The number of benzene rings is 1. The van der Waals surface area contributed by atoms with E-state index in [-0.39, 0.29) is 0 Å². The van der Waals surface area contributed by atoms with E-state index in [1.165, 1.54) is 5.56 Å². The van der Waals surface area contributed by atoms with Gasteiger partial charge in [0.25, 0.3) is 0 Å². The standard InChI is InChI=1S/C13H15N3S/c1-9-6-7-15-13(16-9)17-8-11-4-3-5-12(14)10(11)2/h3-7H,8,14H2,1-2H3. The maximum atomic E-state index is 5.87. The van der Waals surface area contributed by atoms with Gasteiger partial charge in [-0.1, -0.05) is 23.9 Å². The Morgan fingerprint density at radius 1 is 1.24 bits per heavy atom. The lowest BCUT2D eigenvalue weighted by Gasteiger charge is -2.07. The third-order valence-electron chi connectivity index (χ3n) is 2.62. The van der Waals surface area contributed by atoms with Gasteiger partial charge in [0, 0.05) is 23.3 Å². The number of nitrogens with zero attached hydrogens (tertiary/aromatic N) is 2. The fourth-order valence-corrected chi connectivity index (χ4v) is 2.44. The van der Waals surface area contributed by atoms with Crippen molar-refractivity contribution >= 4 is 17.4 Å². The Labute approximate surface area is 105 Å². The molecule has 2 aromatic rings. The van der Waals surface area contributed by atoms with Crippen LogP contribution in [0.4, 0.5) is 5.69 Å². The van der Waals surface area contributed by atoms with E-state index in [1.807, 2.05) is 32.0 Å². The minimum Gasteiger partial charge on any atom is -0.399 e. The van der Waals surface area contributed by atoms with Crippen molar-refractivity contribution in [2.45, 2.75) is 24.8 Å². The van der Waals surface area contributed by atoms with Gasteiger partial charge in [0.1, 0.15) is 0 Å². The molecule has 17 heavy (non-hydrogen) atoms. The van der Waals surface area contributed by atoms with Crippen molar-refractivity contribution in [2.75, 3.05) is 5.73 Å². The lowest BCUT2D eigenvalue weighted by Crippen LogP contribution is -1.95. The Morgan fingerprint density at radius 3 is 2.82 bits per heavy atom. The molecule has 0 radical (unpaired) electrons. The largest absolute Gasteiger partial charge is 0.399 e. The summed E-state index contributed by atoms with van der Waals surface area (Å²) in [6, 6.07) is 7.90. The van der Waals surface area contributed by atoms with Crippen LogP contribution in [0.25, 0.3) is 0 Å². The number of rotatable bonds is 3. The second-order valence-corrected chi connectivity index (χ2v) is 4.84. The zero-order chi connectivity index (χ0) is 12.3. The number of aromatic nitrogens is 2. The summed E-state index contributed by atoms with van der Waals surface area (Å²) in [6.45, 7) is 4.01. The highest BCUT2D eigenvalue weighted by Crippen LogP contribution is 2.23. The Kier molecular flexibility index (Phi) is 3.64. The van der Waals surface area contributed by atoms with Gasteiger partial charge in [-0.25, -0.2) is 9.97 Å². The molecule has 0 aliphatic rings. The Hall–Kier alpha value is -1.55. The van der Waals surface area contributed by atoms with E-state index < -0.39 is 0 Å². The lowest BCUT2D eigenvalue weighted by molar-refractivity contribution is 0.931. The highest BCUT2D eigenvalue weighted by molar-refractivity contribution is 7.98. The number of aryl methyl sites for hydroxylation is 1. The summed E-state index contributed by atoms with van der Waals surface area (Å²) in [6.07, 6.45) is 1.79. The van der Waals surface area contributed by atoms with E-state index in [2.05, 4.69) is 16.0 Å². The summed E-state index contributed by atoms with van der Waals surface area (Å²) in [4.78, 5) is 8.59. The molecule has 0 atom stereocenters. The smallest absolute Gasteiger partial charge is 0.188 e. The maximum absolute atomic E-state index is 5.87. The monoisotopic (exact) mass is 245 g/mol. The van der Waals surface area contributed by atoms with Crippen LogP contribution in [0.3, 0.4) is 0 Å². The van der Waals surface area contributed by atoms with Crippen LogP contribution in [0.5, 0.6) is 0 Å². The first-order valence-electron chi connectivity index (χ1n) is 5.43. The highest BCUT2D eigenvalue weighted by atomic mass is 32.2. The van der Waals surface area contributed by atoms with E-state index in [4.69, 9.17) is 5.73 Å². The van der Waals surface area contributed by atoms with Gasteiger partial charge in [0.2, 0.25) is 0 Å². The number of nitrogens with two attached hydrogens (primary N) is 1. The third kappa shape index (κ3) is 2.97. The summed E-state index contributed by atoms with van der Waals surface area (Å²) in [5.41, 5.74) is 10.1. The van der Waals surface area contributed by atoms with Gasteiger partial charge >= 0.3 is 0 Å². The fraction of sp³-hybridized carbons (Fsp3) is 0.231.